The lowest BCUT2D eigenvalue weighted by Crippen LogP contribution is -2.41. The Bertz CT molecular complexity index is 261. The summed E-state index contributed by atoms with van der Waals surface area (Å²) < 4.78 is 24.9. The van der Waals surface area contributed by atoms with Gasteiger partial charge in [-0.15, -0.1) is 0 Å². The van der Waals surface area contributed by atoms with E-state index in [0.717, 1.165) is 0 Å². The maximum Gasteiger partial charge on any atom is 0.215 e. The molecule has 1 aliphatic heterocycles. The third-order valence-corrected chi connectivity index (χ3v) is 4.25. The molecule has 1 atom stereocenters. The standard InChI is InChI=1S/C8H18N2O2S/c1-7(2)10-6-8(3)9-4-5-13(10,11)12/h7-9H,4-6H2,1-3H3. The number of hydrogen-bond acceptors (Lipinski definition) is 3. The van der Waals surface area contributed by atoms with Gasteiger partial charge in [0.2, 0.25) is 10.0 Å². The summed E-state index contributed by atoms with van der Waals surface area (Å²) in [5.41, 5.74) is 0. The SMILES string of the molecule is CC1CN(C(C)C)S(=O)(=O)CCN1. The van der Waals surface area contributed by atoms with Crippen LogP contribution in [0.4, 0.5) is 0 Å². The molecule has 0 spiro atoms. The topological polar surface area (TPSA) is 49.4 Å². The summed E-state index contributed by atoms with van der Waals surface area (Å²) in [5.74, 6) is 0.218. The van der Waals surface area contributed by atoms with Crippen molar-refractivity contribution in [3.8, 4) is 0 Å². The highest BCUT2D eigenvalue weighted by atomic mass is 32.2. The van der Waals surface area contributed by atoms with Crippen LogP contribution in [0.25, 0.3) is 0 Å². The number of rotatable bonds is 1. The van der Waals surface area contributed by atoms with Crippen LogP contribution in [0.15, 0.2) is 0 Å². The third-order valence-electron chi connectivity index (χ3n) is 2.24. The third kappa shape index (κ3) is 2.65. The summed E-state index contributed by atoms with van der Waals surface area (Å²) in [4.78, 5) is 0. The van der Waals surface area contributed by atoms with E-state index in [0.29, 0.717) is 13.1 Å². The Kier molecular flexibility index (Phi) is 3.32. The smallest absolute Gasteiger partial charge is 0.215 e. The molecule has 1 N–H and O–H groups in total. The predicted molar refractivity (Wildman–Crippen MR) is 53.1 cm³/mol. The van der Waals surface area contributed by atoms with Gasteiger partial charge in [-0.05, 0) is 20.8 Å². The lowest BCUT2D eigenvalue weighted by Gasteiger charge is -2.25. The zero-order valence-corrected chi connectivity index (χ0v) is 9.26. The lowest BCUT2D eigenvalue weighted by atomic mass is 10.3. The zero-order valence-electron chi connectivity index (χ0n) is 8.45. The first-order valence-corrected chi connectivity index (χ1v) is 6.27. The molecule has 1 unspecified atom stereocenters. The lowest BCUT2D eigenvalue weighted by molar-refractivity contribution is 0.333. The minimum atomic E-state index is -3.02. The Balaban J connectivity index is 2.85. The molecular weight excluding hydrogens is 188 g/mol. The molecule has 0 amide bonds. The molecule has 0 bridgehead atoms. The highest BCUT2D eigenvalue weighted by Crippen LogP contribution is 2.10. The van der Waals surface area contributed by atoms with Gasteiger partial charge in [0.1, 0.15) is 0 Å². The molecule has 0 aromatic heterocycles. The van der Waals surface area contributed by atoms with Crippen molar-refractivity contribution in [3.63, 3.8) is 0 Å². The van der Waals surface area contributed by atoms with E-state index in [1.165, 1.54) is 0 Å². The van der Waals surface area contributed by atoms with Crippen molar-refractivity contribution in [3.05, 3.63) is 0 Å². The van der Waals surface area contributed by atoms with E-state index in [2.05, 4.69) is 5.32 Å². The van der Waals surface area contributed by atoms with Crippen molar-refractivity contribution in [2.24, 2.45) is 0 Å². The van der Waals surface area contributed by atoms with Crippen molar-refractivity contribution in [1.29, 1.82) is 0 Å². The zero-order chi connectivity index (χ0) is 10.1. The Labute approximate surface area is 80.4 Å². The second kappa shape index (κ2) is 3.94. The summed E-state index contributed by atoms with van der Waals surface area (Å²) in [7, 11) is -3.02. The summed E-state index contributed by atoms with van der Waals surface area (Å²) in [5, 5.41) is 3.16. The van der Waals surface area contributed by atoms with Crippen molar-refractivity contribution < 1.29 is 8.42 Å². The average molecular weight is 206 g/mol. The molecule has 4 nitrogen and oxygen atoms in total. The maximum absolute atomic E-state index is 11.7. The Hall–Kier alpha value is -0.130. The van der Waals surface area contributed by atoms with Crippen molar-refractivity contribution >= 4 is 10.0 Å². The van der Waals surface area contributed by atoms with E-state index >= 15 is 0 Å². The molecule has 0 aromatic carbocycles. The monoisotopic (exact) mass is 206 g/mol. The molecule has 13 heavy (non-hydrogen) atoms. The molecule has 1 aliphatic rings. The highest BCUT2D eigenvalue weighted by Gasteiger charge is 2.28. The fourth-order valence-corrected chi connectivity index (χ4v) is 3.24. The normalized spacial score (nSPS) is 30.3. The van der Waals surface area contributed by atoms with Crippen LogP contribution in [0, 0.1) is 0 Å². The van der Waals surface area contributed by atoms with Gasteiger partial charge in [-0.25, -0.2) is 8.42 Å². The molecular formula is C8H18N2O2S. The molecule has 78 valence electrons. The van der Waals surface area contributed by atoms with Gasteiger partial charge in [-0.1, -0.05) is 0 Å². The van der Waals surface area contributed by atoms with Crippen molar-refractivity contribution in [2.75, 3.05) is 18.8 Å². The summed E-state index contributed by atoms with van der Waals surface area (Å²) >= 11 is 0. The highest BCUT2D eigenvalue weighted by molar-refractivity contribution is 7.89. The van der Waals surface area contributed by atoms with Crippen LogP contribution in [0.2, 0.25) is 0 Å². The van der Waals surface area contributed by atoms with Gasteiger partial charge in [-0.2, -0.15) is 4.31 Å². The van der Waals surface area contributed by atoms with E-state index in [1.807, 2.05) is 20.8 Å². The molecule has 0 saturated carbocycles. The minimum absolute atomic E-state index is 0.0624. The van der Waals surface area contributed by atoms with Gasteiger partial charge in [0, 0.05) is 25.2 Å². The number of sulfonamides is 1. The van der Waals surface area contributed by atoms with Crippen LogP contribution in [-0.2, 0) is 10.0 Å². The van der Waals surface area contributed by atoms with E-state index in [1.54, 1.807) is 4.31 Å². The number of nitrogens with one attached hydrogen (secondary N) is 1. The average Bonchev–Trinajstić information content (AvgIpc) is 2.10. The first kappa shape index (κ1) is 10.9. The Morgan fingerprint density at radius 1 is 1.46 bits per heavy atom. The Morgan fingerprint density at radius 2 is 2.08 bits per heavy atom. The van der Waals surface area contributed by atoms with E-state index in [4.69, 9.17) is 0 Å². The number of nitrogens with zero attached hydrogens (tertiary/aromatic N) is 1. The van der Waals surface area contributed by atoms with Gasteiger partial charge in [0.25, 0.3) is 0 Å². The molecule has 1 rings (SSSR count). The van der Waals surface area contributed by atoms with Crippen LogP contribution >= 0.6 is 0 Å². The van der Waals surface area contributed by atoms with Crippen LogP contribution in [-0.4, -0.2) is 43.6 Å². The van der Waals surface area contributed by atoms with Crippen LogP contribution in [0.5, 0.6) is 0 Å². The van der Waals surface area contributed by atoms with Crippen LogP contribution in [0.3, 0.4) is 0 Å². The Morgan fingerprint density at radius 3 is 2.62 bits per heavy atom. The van der Waals surface area contributed by atoms with Crippen molar-refractivity contribution in [1.82, 2.24) is 9.62 Å². The fraction of sp³-hybridized carbons (Fsp3) is 1.00. The van der Waals surface area contributed by atoms with Gasteiger partial charge in [0.15, 0.2) is 0 Å². The first-order chi connectivity index (χ1) is 5.93. The van der Waals surface area contributed by atoms with Crippen LogP contribution in [0.1, 0.15) is 20.8 Å². The van der Waals surface area contributed by atoms with E-state index in [-0.39, 0.29) is 17.8 Å². The first-order valence-electron chi connectivity index (χ1n) is 4.66. The molecule has 1 saturated heterocycles. The predicted octanol–water partition coefficient (Wildman–Crippen LogP) is 0.0183. The molecule has 1 fully saturated rings. The molecule has 0 aromatic rings. The van der Waals surface area contributed by atoms with Gasteiger partial charge >= 0.3 is 0 Å². The van der Waals surface area contributed by atoms with Crippen molar-refractivity contribution in [2.45, 2.75) is 32.9 Å². The maximum atomic E-state index is 11.7. The second-order valence-electron chi connectivity index (χ2n) is 3.83. The van der Waals surface area contributed by atoms with E-state index < -0.39 is 10.0 Å². The van der Waals surface area contributed by atoms with Crippen LogP contribution < -0.4 is 5.32 Å². The minimum Gasteiger partial charge on any atom is -0.312 e. The second-order valence-corrected chi connectivity index (χ2v) is 5.88. The quantitative estimate of drug-likeness (QED) is 0.658. The fourth-order valence-electron chi connectivity index (χ4n) is 1.53. The van der Waals surface area contributed by atoms with Gasteiger partial charge < -0.3 is 5.32 Å². The summed E-state index contributed by atoms with van der Waals surface area (Å²) in [6, 6.07) is 0.312. The van der Waals surface area contributed by atoms with Gasteiger partial charge in [0.05, 0.1) is 5.75 Å². The largest absolute Gasteiger partial charge is 0.312 e. The van der Waals surface area contributed by atoms with Gasteiger partial charge in [-0.3, -0.25) is 0 Å². The number of hydrogen-bond donors (Lipinski definition) is 1. The summed E-state index contributed by atoms with van der Waals surface area (Å²) in [6.45, 7) is 6.98. The molecule has 0 radical (unpaired) electrons. The molecule has 1 heterocycles. The molecule has 5 heteroatoms. The molecule has 0 aliphatic carbocycles. The van der Waals surface area contributed by atoms with E-state index in [9.17, 15) is 8.42 Å². The summed E-state index contributed by atoms with van der Waals surface area (Å²) in [6.07, 6.45) is 0.